The number of nitrogens with zero attached hydrogens (tertiary/aromatic N) is 1. The van der Waals surface area contributed by atoms with Crippen LogP contribution in [0.15, 0.2) is 21.7 Å². The minimum atomic E-state index is -0.327. The molecule has 2 aliphatic rings. The third kappa shape index (κ3) is 3.47. The van der Waals surface area contributed by atoms with Crippen molar-refractivity contribution in [1.29, 1.82) is 0 Å². The Bertz CT molecular complexity index is 734. The number of allylic oxidation sites excluding steroid dienone is 2. The fourth-order valence-electron chi connectivity index (χ4n) is 3.58. The Balaban J connectivity index is 1.66. The maximum atomic E-state index is 12.5. The number of aromatic amines is 1. The molecule has 0 amide bonds. The van der Waals surface area contributed by atoms with Gasteiger partial charge in [0, 0.05) is 29.6 Å². The van der Waals surface area contributed by atoms with Crippen molar-refractivity contribution in [3.63, 3.8) is 0 Å². The molecule has 0 aliphatic heterocycles. The molecule has 1 aromatic heterocycles. The first-order valence-corrected chi connectivity index (χ1v) is 8.98. The summed E-state index contributed by atoms with van der Waals surface area (Å²) in [5, 5.41) is 0.0134. The summed E-state index contributed by atoms with van der Waals surface area (Å²) in [6.45, 7) is 4.97. The number of rotatable bonds is 5. The fraction of sp³-hybridized carbons (Fsp3) is 0.667. The lowest BCUT2D eigenvalue weighted by Gasteiger charge is -2.19. The van der Waals surface area contributed by atoms with Crippen LogP contribution in [0.25, 0.3) is 0 Å². The van der Waals surface area contributed by atoms with E-state index in [-0.39, 0.29) is 16.6 Å². The number of H-pyrrole nitrogens is 1. The van der Waals surface area contributed by atoms with Crippen LogP contribution in [0.4, 0.5) is 0 Å². The van der Waals surface area contributed by atoms with Gasteiger partial charge in [-0.05, 0) is 43.4 Å². The Morgan fingerprint density at radius 3 is 2.83 bits per heavy atom. The maximum Gasteiger partial charge on any atom is 0.328 e. The van der Waals surface area contributed by atoms with E-state index in [0.29, 0.717) is 24.8 Å². The van der Waals surface area contributed by atoms with Crippen molar-refractivity contribution in [3.8, 4) is 0 Å². The zero-order valence-electron chi connectivity index (χ0n) is 13.9. The van der Waals surface area contributed by atoms with E-state index >= 15 is 0 Å². The largest absolute Gasteiger partial charge is 0.328 e. The topological polar surface area (TPSA) is 54.9 Å². The predicted molar refractivity (Wildman–Crippen MR) is 93.3 cm³/mol. The van der Waals surface area contributed by atoms with Gasteiger partial charge in [0.2, 0.25) is 0 Å². The van der Waals surface area contributed by atoms with E-state index in [0.717, 1.165) is 30.0 Å². The molecule has 0 spiro atoms. The standard InChI is InChI=1S/C18H25ClN2O2/c1-12-11-18(12,2)8-4-3-5-9-21-16(22)14-7-6-13(19)10-15(14)20-17(21)23/h3,5,12-13H,4,6-11H2,1-2H3,(H,20,23). The summed E-state index contributed by atoms with van der Waals surface area (Å²) in [5.74, 6) is 0.827. The normalized spacial score (nSPS) is 29.7. The Morgan fingerprint density at radius 2 is 2.13 bits per heavy atom. The summed E-state index contributed by atoms with van der Waals surface area (Å²) in [6, 6.07) is 0. The van der Waals surface area contributed by atoms with Gasteiger partial charge < -0.3 is 4.98 Å². The summed E-state index contributed by atoms with van der Waals surface area (Å²) < 4.78 is 1.30. The highest BCUT2D eigenvalue weighted by molar-refractivity contribution is 6.20. The maximum absolute atomic E-state index is 12.5. The number of hydrogen-bond donors (Lipinski definition) is 1. The molecule has 0 saturated heterocycles. The molecular formula is C18H25ClN2O2. The van der Waals surface area contributed by atoms with Crippen molar-refractivity contribution < 1.29 is 0 Å². The number of alkyl halides is 1. The minimum absolute atomic E-state index is 0.0134. The first-order valence-electron chi connectivity index (χ1n) is 8.54. The van der Waals surface area contributed by atoms with Gasteiger partial charge in [0.25, 0.3) is 5.56 Å². The average Bonchev–Trinajstić information content (AvgIpc) is 3.08. The molecule has 126 valence electrons. The smallest absolute Gasteiger partial charge is 0.311 e. The van der Waals surface area contributed by atoms with E-state index < -0.39 is 0 Å². The van der Waals surface area contributed by atoms with E-state index in [1.165, 1.54) is 17.4 Å². The second-order valence-electron chi connectivity index (χ2n) is 7.41. The summed E-state index contributed by atoms with van der Waals surface area (Å²) in [6.07, 6.45) is 9.55. The van der Waals surface area contributed by atoms with Crippen molar-refractivity contribution in [2.75, 3.05) is 0 Å². The fourth-order valence-corrected chi connectivity index (χ4v) is 3.84. The number of halogens is 1. The van der Waals surface area contributed by atoms with Gasteiger partial charge in [-0.25, -0.2) is 4.79 Å². The van der Waals surface area contributed by atoms with Crippen molar-refractivity contribution in [2.45, 2.75) is 64.3 Å². The highest BCUT2D eigenvalue weighted by Gasteiger charge is 2.45. The van der Waals surface area contributed by atoms with E-state index in [9.17, 15) is 9.59 Å². The Hall–Kier alpha value is -1.29. The lowest BCUT2D eigenvalue weighted by molar-refractivity contribution is 0.479. The van der Waals surface area contributed by atoms with E-state index in [4.69, 9.17) is 11.6 Å². The molecular weight excluding hydrogens is 312 g/mol. The number of fused-ring (bicyclic) bond motifs is 1. The third-order valence-corrected chi connectivity index (χ3v) is 6.02. The molecule has 3 rings (SSSR count). The molecule has 3 atom stereocenters. The average molecular weight is 337 g/mol. The van der Waals surface area contributed by atoms with Gasteiger partial charge in [-0.2, -0.15) is 0 Å². The van der Waals surface area contributed by atoms with Gasteiger partial charge >= 0.3 is 5.69 Å². The molecule has 1 N–H and O–H groups in total. The number of aromatic nitrogens is 2. The van der Waals surface area contributed by atoms with Crippen LogP contribution in [0.3, 0.4) is 0 Å². The predicted octanol–water partition coefficient (Wildman–Crippen LogP) is 3.02. The molecule has 0 aromatic carbocycles. The Morgan fingerprint density at radius 1 is 1.39 bits per heavy atom. The summed E-state index contributed by atoms with van der Waals surface area (Å²) in [7, 11) is 0. The molecule has 1 fully saturated rings. The van der Waals surface area contributed by atoms with Gasteiger partial charge in [0.1, 0.15) is 0 Å². The molecule has 3 unspecified atom stereocenters. The van der Waals surface area contributed by atoms with Gasteiger partial charge in [0.05, 0.1) is 0 Å². The Kier molecular flexibility index (Phi) is 4.54. The van der Waals surface area contributed by atoms with Crippen molar-refractivity contribution in [1.82, 2.24) is 9.55 Å². The third-order valence-electron chi connectivity index (χ3n) is 5.64. The molecule has 5 heteroatoms. The van der Waals surface area contributed by atoms with Crippen molar-refractivity contribution >= 4 is 11.6 Å². The van der Waals surface area contributed by atoms with Crippen LogP contribution in [0.1, 0.15) is 50.8 Å². The second-order valence-corrected chi connectivity index (χ2v) is 8.03. The van der Waals surface area contributed by atoms with Gasteiger partial charge in [0.15, 0.2) is 0 Å². The number of hydrogen-bond acceptors (Lipinski definition) is 2. The molecule has 4 nitrogen and oxygen atoms in total. The summed E-state index contributed by atoms with van der Waals surface area (Å²) in [5.41, 5.74) is 1.48. The molecule has 0 radical (unpaired) electrons. The molecule has 23 heavy (non-hydrogen) atoms. The first kappa shape index (κ1) is 16.6. The van der Waals surface area contributed by atoms with E-state index in [2.05, 4.69) is 24.9 Å². The summed E-state index contributed by atoms with van der Waals surface area (Å²) >= 11 is 6.12. The quantitative estimate of drug-likeness (QED) is 0.663. The van der Waals surface area contributed by atoms with Crippen LogP contribution >= 0.6 is 11.6 Å². The first-order chi connectivity index (χ1) is 10.9. The minimum Gasteiger partial charge on any atom is -0.311 e. The van der Waals surface area contributed by atoms with Crippen LogP contribution in [0.2, 0.25) is 0 Å². The molecule has 2 aliphatic carbocycles. The zero-order valence-corrected chi connectivity index (χ0v) is 14.7. The lowest BCUT2D eigenvalue weighted by atomic mass is 9.97. The summed E-state index contributed by atoms with van der Waals surface area (Å²) in [4.78, 5) is 27.4. The van der Waals surface area contributed by atoms with E-state index in [1.807, 2.05) is 6.08 Å². The lowest BCUT2D eigenvalue weighted by Crippen LogP contribution is -2.40. The van der Waals surface area contributed by atoms with Gasteiger partial charge in [-0.15, -0.1) is 11.6 Å². The monoisotopic (exact) mass is 336 g/mol. The van der Waals surface area contributed by atoms with Crippen molar-refractivity contribution in [2.24, 2.45) is 11.3 Å². The van der Waals surface area contributed by atoms with Crippen LogP contribution in [0, 0.1) is 11.3 Å². The van der Waals surface area contributed by atoms with Crippen LogP contribution in [0.5, 0.6) is 0 Å². The zero-order chi connectivity index (χ0) is 16.6. The number of nitrogens with one attached hydrogen (secondary N) is 1. The Labute approximate surface area is 141 Å². The van der Waals surface area contributed by atoms with E-state index in [1.54, 1.807) is 0 Å². The highest BCUT2D eigenvalue weighted by Crippen LogP contribution is 2.55. The van der Waals surface area contributed by atoms with Crippen LogP contribution in [-0.4, -0.2) is 14.9 Å². The van der Waals surface area contributed by atoms with Crippen LogP contribution < -0.4 is 11.2 Å². The highest BCUT2D eigenvalue weighted by atomic mass is 35.5. The van der Waals surface area contributed by atoms with Crippen molar-refractivity contribution in [3.05, 3.63) is 44.2 Å². The second kappa shape index (κ2) is 6.31. The van der Waals surface area contributed by atoms with Gasteiger partial charge in [-0.1, -0.05) is 26.0 Å². The SMILES string of the molecule is CC1CC1(C)CCC=CCn1c(=O)[nH]c2c(c1=O)CCC(Cl)C2. The van der Waals surface area contributed by atoms with Crippen LogP contribution in [-0.2, 0) is 19.4 Å². The molecule has 1 aromatic rings. The molecule has 1 saturated carbocycles. The molecule has 0 bridgehead atoms. The van der Waals surface area contributed by atoms with Gasteiger partial charge in [-0.3, -0.25) is 9.36 Å². The molecule has 1 heterocycles.